The summed E-state index contributed by atoms with van der Waals surface area (Å²) in [6.45, 7) is 2.03. The minimum absolute atomic E-state index is 0.00909. The number of likely N-dealkylation sites (N-methyl/N-ethyl adjacent to an activating group) is 1. The molecule has 3 aromatic rings. The topological polar surface area (TPSA) is 54.3 Å². The summed E-state index contributed by atoms with van der Waals surface area (Å²) >= 11 is 3.41. The van der Waals surface area contributed by atoms with E-state index in [1.807, 2.05) is 60.0 Å². The van der Waals surface area contributed by atoms with Crippen molar-refractivity contribution >= 4 is 29.0 Å². The maximum absolute atomic E-state index is 13.4. The summed E-state index contributed by atoms with van der Waals surface area (Å²) in [5.41, 5.74) is 3.35. The van der Waals surface area contributed by atoms with Crippen LogP contribution in [-0.2, 0) is 17.8 Å². The van der Waals surface area contributed by atoms with E-state index in [-0.39, 0.29) is 17.9 Å². The number of thioether (sulfide) groups is 1. The minimum Gasteiger partial charge on any atom is -0.355 e. The molecule has 3 heterocycles. The summed E-state index contributed by atoms with van der Waals surface area (Å²) in [5, 5.41) is 5.07. The summed E-state index contributed by atoms with van der Waals surface area (Å²) in [6, 6.07) is 13.8. The van der Waals surface area contributed by atoms with Crippen LogP contribution in [0, 0.1) is 0 Å². The molecule has 156 valence electrons. The molecule has 0 unspecified atom stereocenters. The molecule has 0 saturated carbocycles. The van der Waals surface area contributed by atoms with Gasteiger partial charge in [-0.3, -0.25) is 9.59 Å². The van der Waals surface area contributed by atoms with Gasteiger partial charge in [0, 0.05) is 35.8 Å². The summed E-state index contributed by atoms with van der Waals surface area (Å²) in [4.78, 5) is 30.5. The Labute approximate surface area is 184 Å². The monoisotopic (exact) mass is 439 g/mol. The normalized spacial score (nSPS) is 12.9. The molecule has 4 rings (SSSR count). The first-order valence-electron chi connectivity index (χ1n) is 9.99. The number of nitrogens with one attached hydrogen (secondary N) is 1. The zero-order valence-electron chi connectivity index (χ0n) is 17.2. The third kappa shape index (κ3) is 4.38. The average Bonchev–Trinajstić information content (AvgIpc) is 3.10. The maximum atomic E-state index is 13.4. The molecular formula is C23H25N3O2S2. The Morgan fingerprint density at radius 2 is 2.00 bits per heavy atom. The van der Waals surface area contributed by atoms with Crippen LogP contribution in [0.15, 0.2) is 57.5 Å². The molecule has 1 N–H and O–H groups in total. The van der Waals surface area contributed by atoms with Crippen LogP contribution in [0.3, 0.4) is 0 Å². The summed E-state index contributed by atoms with van der Waals surface area (Å²) < 4.78 is 1.88. The van der Waals surface area contributed by atoms with Gasteiger partial charge in [-0.2, -0.15) is 0 Å². The zero-order valence-corrected chi connectivity index (χ0v) is 18.8. The molecule has 0 fully saturated rings. The Hall–Kier alpha value is -2.35. The van der Waals surface area contributed by atoms with Crippen molar-refractivity contribution in [2.45, 2.75) is 17.9 Å². The van der Waals surface area contributed by atoms with Crippen molar-refractivity contribution in [2.24, 2.45) is 0 Å². The Balaban J connectivity index is 1.80. The third-order valence-electron chi connectivity index (χ3n) is 5.10. The van der Waals surface area contributed by atoms with Gasteiger partial charge in [0.25, 0.3) is 5.56 Å². The van der Waals surface area contributed by atoms with E-state index in [0.29, 0.717) is 18.7 Å². The van der Waals surface area contributed by atoms with Gasteiger partial charge < -0.3 is 14.8 Å². The van der Waals surface area contributed by atoms with Crippen molar-refractivity contribution in [3.05, 3.63) is 63.8 Å². The predicted octanol–water partition coefficient (Wildman–Crippen LogP) is 3.57. The first kappa shape index (κ1) is 20.9. The largest absolute Gasteiger partial charge is 0.355 e. The van der Waals surface area contributed by atoms with E-state index in [1.165, 1.54) is 4.90 Å². The Kier molecular flexibility index (Phi) is 6.41. The molecular weight excluding hydrogens is 414 g/mol. The fraction of sp³-hybridized carbons (Fsp3) is 0.304. The van der Waals surface area contributed by atoms with Gasteiger partial charge in [-0.1, -0.05) is 30.3 Å². The van der Waals surface area contributed by atoms with Gasteiger partial charge in [0.1, 0.15) is 0 Å². The molecule has 1 amide bonds. The lowest BCUT2D eigenvalue weighted by Gasteiger charge is -2.17. The van der Waals surface area contributed by atoms with E-state index in [0.717, 1.165) is 34.0 Å². The third-order valence-corrected chi connectivity index (χ3v) is 7.19. The lowest BCUT2D eigenvalue weighted by atomic mass is 10.00. The van der Waals surface area contributed by atoms with E-state index in [4.69, 9.17) is 0 Å². The minimum atomic E-state index is -0.0210. The van der Waals surface area contributed by atoms with Crippen molar-refractivity contribution in [1.29, 1.82) is 0 Å². The van der Waals surface area contributed by atoms with Crippen molar-refractivity contribution < 1.29 is 4.79 Å². The molecule has 0 aliphatic carbocycles. The molecule has 0 saturated heterocycles. The highest BCUT2D eigenvalue weighted by atomic mass is 32.2. The van der Waals surface area contributed by atoms with Crippen LogP contribution >= 0.6 is 23.1 Å². The SMILES string of the molecule is CN(C)CCNC(=O)Cc1cc(-c2ccccc2)c(=O)n2c1-c1sccc1SCC2. The van der Waals surface area contributed by atoms with Gasteiger partial charge in [-0.25, -0.2) is 0 Å². The number of carbonyl (C=O) groups excluding carboxylic acids is 1. The van der Waals surface area contributed by atoms with Crippen LogP contribution in [0.1, 0.15) is 5.56 Å². The molecule has 7 heteroatoms. The number of benzene rings is 1. The summed E-state index contributed by atoms with van der Waals surface area (Å²) in [5.74, 6) is 0.816. The number of carbonyl (C=O) groups is 1. The highest BCUT2D eigenvalue weighted by molar-refractivity contribution is 7.99. The number of pyridine rings is 1. The Bertz CT molecular complexity index is 1100. The van der Waals surface area contributed by atoms with Gasteiger partial charge in [0.05, 0.1) is 17.0 Å². The van der Waals surface area contributed by atoms with Gasteiger partial charge in [0.15, 0.2) is 0 Å². The van der Waals surface area contributed by atoms with E-state index in [1.54, 1.807) is 23.1 Å². The standard InChI is InChI=1S/C23H25N3O2S2/c1-25(2)10-9-24-20(27)15-17-14-18(16-6-4-3-5-7-16)23(28)26-11-13-29-19-8-12-30-22(19)21(17)26/h3-8,12,14H,9-11,13,15H2,1-2H3,(H,24,27). The van der Waals surface area contributed by atoms with Crippen LogP contribution in [0.25, 0.3) is 21.7 Å². The fourth-order valence-corrected chi connectivity index (χ4v) is 5.82. The number of aromatic nitrogens is 1. The van der Waals surface area contributed by atoms with E-state index >= 15 is 0 Å². The molecule has 0 atom stereocenters. The molecule has 5 nitrogen and oxygen atoms in total. The number of amides is 1. The predicted molar refractivity (Wildman–Crippen MR) is 125 cm³/mol. The molecule has 2 aromatic heterocycles. The van der Waals surface area contributed by atoms with Crippen LogP contribution in [-0.4, -0.2) is 48.3 Å². The highest BCUT2D eigenvalue weighted by Gasteiger charge is 2.24. The van der Waals surface area contributed by atoms with Crippen molar-refractivity contribution in [1.82, 2.24) is 14.8 Å². The second kappa shape index (κ2) is 9.20. The molecule has 1 aliphatic heterocycles. The second-order valence-electron chi connectivity index (χ2n) is 7.55. The molecule has 0 bridgehead atoms. The number of hydrogen-bond acceptors (Lipinski definition) is 5. The summed E-state index contributed by atoms with van der Waals surface area (Å²) in [6.07, 6.45) is 0.255. The highest BCUT2D eigenvalue weighted by Crippen LogP contribution is 2.40. The van der Waals surface area contributed by atoms with E-state index in [2.05, 4.69) is 16.8 Å². The van der Waals surface area contributed by atoms with E-state index in [9.17, 15) is 9.59 Å². The van der Waals surface area contributed by atoms with Gasteiger partial charge >= 0.3 is 0 Å². The van der Waals surface area contributed by atoms with Gasteiger partial charge in [-0.15, -0.1) is 23.1 Å². The molecule has 30 heavy (non-hydrogen) atoms. The smallest absolute Gasteiger partial charge is 0.258 e. The second-order valence-corrected chi connectivity index (χ2v) is 9.60. The van der Waals surface area contributed by atoms with Crippen molar-refractivity contribution in [3.63, 3.8) is 0 Å². The number of thiophene rings is 1. The first-order chi connectivity index (χ1) is 14.5. The van der Waals surface area contributed by atoms with Crippen LogP contribution in [0.5, 0.6) is 0 Å². The summed E-state index contributed by atoms with van der Waals surface area (Å²) in [7, 11) is 3.97. The maximum Gasteiger partial charge on any atom is 0.258 e. The molecule has 1 aromatic carbocycles. The zero-order chi connectivity index (χ0) is 21.1. The molecule has 1 aliphatic rings. The van der Waals surface area contributed by atoms with Gasteiger partial charge in [0.2, 0.25) is 5.91 Å². The quantitative estimate of drug-likeness (QED) is 0.638. The van der Waals surface area contributed by atoms with Crippen LogP contribution < -0.4 is 10.9 Å². The number of hydrogen-bond donors (Lipinski definition) is 1. The van der Waals surface area contributed by atoms with Crippen LogP contribution in [0.2, 0.25) is 0 Å². The first-order valence-corrected chi connectivity index (χ1v) is 11.9. The average molecular weight is 440 g/mol. The fourth-order valence-electron chi connectivity index (χ4n) is 3.65. The molecule has 0 spiro atoms. The van der Waals surface area contributed by atoms with Crippen LogP contribution in [0.4, 0.5) is 0 Å². The van der Waals surface area contributed by atoms with E-state index < -0.39 is 0 Å². The number of fused-ring (bicyclic) bond motifs is 3. The number of nitrogens with zero attached hydrogens (tertiary/aromatic N) is 2. The lowest BCUT2D eigenvalue weighted by Crippen LogP contribution is -2.33. The number of rotatable bonds is 6. The molecule has 0 radical (unpaired) electrons. The Morgan fingerprint density at radius 1 is 1.20 bits per heavy atom. The lowest BCUT2D eigenvalue weighted by molar-refractivity contribution is -0.120. The van der Waals surface area contributed by atoms with Crippen molar-refractivity contribution in [3.8, 4) is 21.7 Å². The van der Waals surface area contributed by atoms with Crippen molar-refractivity contribution in [2.75, 3.05) is 32.9 Å². The van der Waals surface area contributed by atoms with Gasteiger partial charge in [-0.05, 0) is 42.7 Å². The Morgan fingerprint density at radius 3 is 2.77 bits per heavy atom.